The number of likely N-dealkylation sites (tertiary alicyclic amines) is 1. The van der Waals surface area contributed by atoms with Crippen LogP contribution in [0.1, 0.15) is 63.7 Å². The number of hydrogen-bond donors (Lipinski definition) is 1. The van der Waals surface area contributed by atoms with Gasteiger partial charge in [0.25, 0.3) is 0 Å². The van der Waals surface area contributed by atoms with Crippen LogP contribution < -0.4 is 5.32 Å². The van der Waals surface area contributed by atoms with Crippen LogP contribution in [0, 0.1) is 18.3 Å². The first-order valence-corrected chi connectivity index (χ1v) is 9.51. The summed E-state index contributed by atoms with van der Waals surface area (Å²) in [6, 6.07) is 2.54. The summed E-state index contributed by atoms with van der Waals surface area (Å²) in [4.78, 5) is 19.4. The summed E-state index contributed by atoms with van der Waals surface area (Å²) in [5.41, 5.74) is -0.653. The molecule has 0 spiro atoms. The van der Waals surface area contributed by atoms with Gasteiger partial charge in [0.2, 0.25) is 5.91 Å². The van der Waals surface area contributed by atoms with Gasteiger partial charge in [-0.15, -0.1) is 0 Å². The van der Waals surface area contributed by atoms with Gasteiger partial charge < -0.3 is 9.88 Å². The highest BCUT2D eigenvalue weighted by Crippen LogP contribution is 2.28. The minimum atomic E-state index is -0.653. The zero-order valence-electron chi connectivity index (χ0n) is 15.4. The van der Waals surface area contributed by atoms with Crippen LogP contribution >= 0.6 is 0 Å². The Hall–Kier alpha value is -1.87. The van der Waals surface area contributed by atoms with Crippen LogP contribution in [0.3, 0.4) is 0 Å². The van der Waals surface area contributed by atoms with Gasteiger partial charge in [-0.2, -0.15) is 5.26 Å². The highest BCUT2D eigenvalue weighted by Gasteiger charge is 2.36. The molecule has 2 atom stereocenters. The van der Waals surface area contributed by atoms with E-state index in [2.05, 4.69) is 25.8 Å². The molecule has 136 valence electrons. The average Bonchev–Trinajstić information content (AvgIpc) is 3.08. The Morgan fingerprint density at radius 2 is 2.16 bits per heavy atom. The van der Waals surface area contributed by atoms with E-state index in [1.54, 1.807) is 0 Å². The lowest BCUT2D eigenvalue weighted by atomic mass is 9.82. The average molecular weight is 343 g/mol. The van der Waals surface area contributed by atoms with Gasteiger partial charge >= 0.3 is 0 Å². The van der Waals surface area contributed by atoms with Crippen molar-refractivity contribution in [2.24, 2.45) is 0 Å². The molecule has 1 saturated carbocycles. The van der Waals surface area contributed by atoms with Crippen LogP contribution in [0.5, 0.6) is 0 Å². The third kappa shape index (κ3) is 3.87. The molecule has 3 rings (SSSR count). The third-order valence-electron chi connectivity index (χ3n) is 5.89. The summed E-state index contributed by atoms with van der Waals surface area (Å²) in [6.45, 7) is 5.77. The first kappa shape index (κ1) is 17.9. The fraction of sp³-hybridized carbons (Fsp3) is 0.737. The van der Waals surface area contributed by atoms with Crippen molar-refractivity contribution >= 4 is 5.91 Å². The van der Waals surface area contributed by atoms with E-state index >= 15 is 0 Å². The second-order valence-electron chi connectivity index (χ2n) is 7.59. The van der Waals surface area contributed by atoms with Gasteiger partial charge in [-0.1, -0.05) is 19.3 Å². The molecule has 1 aromatic heterocycles. The highest BCUT2D eigenvalue weighted by molar-refractivity contribution is 5.82. The number of nitrogens with zero attached hydrogens (tertiary/aromatic N) is 4. The third-order valence-corrected chi connectivity index (χ3v) is 5.89. The molecule has 2 fully saturated rings. The molecule has 1 saturated heterocycles. The predicted octanol–water partition coefficient (Wildman–Crippen LogP) is 2.56. The molecule has 1 N–H and O–H groups in total. The van der Waals surface area contributed by atoms with Crippen LogP contribution in [0.25, 0.3) is 0 Å². The van der Waals surface area contributed by atoms with Crippen molar-refractivity contribution in [3.8, 4) is 6.07 Å². The number of carbonyl (C=O) groups excluding carboxylic acids is 1. The zero-order chi connectivity index (χ0) is 17.9. The number of piperidine rings is 1. The van der Waals surface area contributed by atoms with Crippen molar-refractivity contribution < 1.29 is 4.79 Å². The Morgan fingerprint density at radius 1 is 1.40 bits per heavy atom. The molecule has 0 aromatic carbocycles. The number of nitrogens with one attached hydrogen (secondary N) is 1. The second-order valence-corrected chi connectivity index (χ2v) is 7.59. The van der Waals surface area contributed by atoms with Crippen LogP contribution in [0.2, 0.25) is 0 Å². The summed E-state index contributed by atoms with van der Waals surface area (Å²) in [5, 5.41) is 12.7. The minimum Gasteiger partial charge on any atom is -0.336 e. The Balaban J connectivity index is 1.63. The van der Waals surface area contributed by atoms with Crippen molar-refractivity contribution in [1.29, 1.82) is 5.26 Å². The summed E-state index contributed by atoms with van der Waals surface area (Å²) >= 11 is 0. The van der Waals surface area contributed by atoms with E-state index in [1.807, 2.05) is 26.2 Å². The van der Waals surface area contributed by atoms with E-state index < -0.39 is 5.54 Å². The molecule has 1 amide bonds. The van der Waals surface area contributed by atoms with Crippen molar-refractivity contribution in [2.45, 2.75) is 76.4 Å². The molecule has 0 bridgehead atoms. The second kappa shape index (κ2) is 7.57. The van der Waals surface area contributed by atoms with Crippen LogP contribution in [0.15, 0.2) is 12.4 Å². The molecular formula is C19H29N5O. The lowest BCUT2D eigenvalue weighted by Crippen LogP contribution is -2.56. The minimum absolute atomic E-state index is 0.00791. The Bertz CT molecular complexity index is 640. The van der Waals surface area contributed by atoms with Gasteiger partial charge in [0, 0.05) is 25.0 Å². The Kier molecular flexibility index (Phi) is 5.43. The van der Waals surface area contributed by atoms with E-state index in [1.165, 1.54) is 0 Å². The molecule has 6 heteroatoms. The summed E-state index contributed by atoms with van der Waals surface area (Å²) in [7, 11) is 0. The number of amides is 1. The fourth-order valence-corrected chi connectivity index (χ4v) is 4.26. The number of nitriles is 1. The standard InChI is InChI=1S/C19H29N5O/c1-15(18(25)22-19(14-20)8-4-3-5-9-19)23-11-6-7-17(13-23)24-12-10-21-16(24)2/h10,12,15,17H,3-9,11,13H2,1-2H3,(H,22,25)/t15-,17-/m0/s1. The van der Waals surface area contributed by atoms with Gasteiger partial charge in [0.05, 0.1) is 12.1 Å². The first-order chi connectivity index (χ1) is 12.0. The van der Waals surface area contributed by atoms with Crippen molar-refractivity contribution in [3.63, 3.8) is 0 Å². The molecule has 25 heavy (non-hydrogen) atoms. The van der Waals surface area contributed by atoms with Crippen LogP contribution in [-0.4, -0.2) is 45.0 Å². The van der Waals surface area contributed by atoms with E-state index in [0.29, 0.717) is 6.04 Å². The summed E-state index contributed by atoms with van der Waals surface area (Å²) in [5.74, 6) is 1.01. The van der Waals surface area contributed by atoms with E-state index in [-0.39, 0.29) is 11.9 Å². The number of hydrogen-bond acceptors (Lipinski definition) is 4. The van der Waals surface area contributed by atoms with Crippen molar-refractivity contribution in [2.75, 3.05) is 13.1 Å². The molecule has 0 radical (unpaired) electrons. The predicted molar refractivity (Wildman–Crippen MR) is 95.8 cm³/mol. The quantitative estimate of drug-likeness (QED) is 0.912. The summed E-state index contributed by atoms with van der Waals surface area (Å²) in [6.07, 6.45) is 10.8. The van der Waals surface area contributed by atoms with Crippen LogP contribution in [-0.2, 0) is 4.79 Å². The Morgan fingerprint density at radius 3 is 2.80 bits per heavy atom. The SMILES string of the molecule is Cc1nccn1[C@H]1CCCN([C@@H](C)C(=O)NC2(C#N)CCCCC2)C1. The molecular weight excluding hydrogens is 314 g/mol. The smallest absolute Gasteiger partial charge is 0.238 e. The molecule has 1 aliphatic carbocycles. The molecule has 1 aromatic rings. The monoisotopic (exact) mass is 343 g/mol. The topological polar surface area (TPSA) is 74.0 Å². The number of rotatable bonds is 4. The molecule has 1 aliphatic heterocycles. The summed E-state index contributed by atoms with van der Waals surface area (Å²) < 4.78 is 2.22. The first-order valence-electron chi connectivity index (χ1n) is 9.51. The van der Waals surface area contributed by atoms with Gasteiger partial charge in [-0.05, 0) is 46.1 Å². The lowest BCUT2D eigenvalue weighted by Gasteiger charge is -2.39. The number of aromatic nitrogens is 2. The highest BCUT2D eigenvalue weighted by atomic mass is 16.2. The largest absolute Gasteiger partial charge is 0.336 e. The van der Waals surface area contributed by atoms with E-state index in [9.17, 15) is 10.1 Å². The Labute approximate surface area is 150 Å². The fourth-order valence-electron chi connectivity index (χ4n) is 4.26. The maximum atomic E-state index is 12.8. The van der Waals surface area contributed by atoms with Crippen molar-refractivity contribution in [1.82, 2.24) is 19.8 Å². The van der Waals surface area contributed by atoms with E-state index in [4.69, 9.17) is 0 Å². The molecule has 0 unspecified atom stereocenters. The molecule has 2 aliphatic rings. The maximum absolute atomic E-state index is 12.8. The van der Waals surface area contributed by atoms with Gasteiger partial charge in [-0.25, -0.2) is 4.98 Å². The van der Waals surface area contributed by atoms with Crippen molar-refractivity contribution in [3.05, 3.63) is 18.2 Å². The molecule has 6 nitrogen and oxygen atoms in total. The maximum Gasteiger partial charge on any atom is 0.238 e. The van der Waals surface area contributed by atoms with Gasteiger partial charge in [0.15, 0.2) is 0 Å². The van der Waals surface area contributed by atoms with Gasteiger partial charge in [-0.3, -0.25) is 9.69 Å². The normalized spacial score (nSPS) is 25.1. The van der Waals surface area contributed by atoms with Crippen LogP contribution in [0.4, 0.5) is 0 Å². The van der Waals surface area contributed by atoms with Gasteiger partial charge in [0.1, 0.15) is 11.4 Å². The number of imidazole rings is 1. The lowest BCUT2D eigenvalue weighted by molar-refractivity contribution is -0.128. The number of carbonyl (C=O) groups is 1. The van der Waals surface area contributed by atoms with E-state index in [0.717, 1.165) is 63.9 Å². The zero-order valence-corrected chi connectivity index (χ0v) is 15.4. The molecule has 2 heterocycles. The number of aryl methyl sites for hydroxylation is 1.